The highest BCUT2D eigenvalue weighted by Gasteiger charge is 2.14. The molecule has 1 heterocycles. The van der Waals surface area contributed by atoms with Crippen molar-refractivity contribution in [2.75, 3.05) is 0 Å². The third-order valence-electron chi connectivity index (χ3n) is 2.07. The summed E-state index contributed by atoms with van der Waals surface area (Å²) < 4.78 is 4.68. The molecule has 0 radical (unpaired) electrons. The number of pyridine rings is 1. The van der Waals surface area contributed by atoms with Crippen LogP contribution in [0.2, 0.25) is 0 Å². The molecule has 0 bridgehead atoms. The van der Waals surface area contributed by atoms with Crippen molar-refractivity contribution in [1.29, 1.82) is 0 Å². The second-order valence-corrected chi connectivity index (χ2v) is 3.26. The maximum absolute atomic E-state index is 11.6. The standard InChI is InChI=1S/C13H9NO3/c15-12(10-6-2-1-3-7-10)17-13(16)11-8-4-5-9-14-11/h1-9H. The van der Waals surface area contributed by atoms with E-state index >= 15 is 0 Å². The average Bonchev–Trinajstić information content (AvgIpc) is 2.40. The van der Waals surface area contributed by atoms with Crippen LogP contribution in [0.15, 0.2) is 54.7 Å². The fraction of sp³-hybridized carbons (Fsp3) is 0. The van der Waals surface area contributed by atoms with Gasteiger partial charge in [0, 0.05) is 6.20 Å². The van der Waals surface area contributed by atoms with Gasteiger partial charge >= 0.3 is 11.9 Å². The Morgan fingerprint density at radius 2 is 1.59 bits per heavy atom. The molecule has 0 aliphatic carbocycles. The zero-order valence-corrected chi connectivity index (χ0v) is 8.87. The van der Waals surface area contributed by atoms with Crippen molar-refractivity contribution in [3.8, 4) is 0 Å². The summed E-state index contributed by atoms with van der Waals surface area (Å²) >= 11 is 0. The predicted molar refractivity (Wildman–Crippen MR) is 60.4 cm³/mol. The minimum atomic E-state index is -0.751. The number of esters is 2. The van der Waals surface area contributed by atoms with Gasteiger partial charge in [-0.2, -0.15) is 0 Å². The zero-order chi connectivity index (χ0) is 12.1. The van der Waals surface area contributed by atoms with Crippen LogP contribution in [0.4, 0.5) is 0 Å². The number of aromatic nitrogens is 1. The highest BCUT2D eigenvalue weighted by Crippen LogP contribution is 2.04. The second kappa shape index (κ2) is 5.03. The van der Waals surface area contributed by atoms with Gasteiger partial charge in [-0.1, -0.05) is 24.3 Å². The minimum Gasteiger partial charge on any atom is -0.385 e. The quantitative estimate of drug-likeness (QED) is 0.582. The van der Waals surface area contributed by atoms with E-state index in [2.05, 4.69) is 9.72 Å². The van der Waals surface area contributed by atoms with Crippen molar-refractivity contribution in [2.45, 2.75) is 0 Å². The Morgan fingerprint density at radius 3 is 2.24 bits per heavy atom. The van der Waals surface area contributed by atoms with Gasteiger partial charge in [-0.3, -0.25) is 0 Å². The number of hydrogen-bond donors (Lipinski definition) is 0. The van der Waals surface area contributed by atoms with E-state index in [1.54, 1.807) is 42.5 Å². The van der Waals surface area contributed by atoms with Crippen LogP contribution in [-0.4, -0.2) is 16.9 Å². The normalized spacial score (nSPS) is 9.65. The van der Waals surface area contributed by atoms with E-state index in [-0.39, 0.29) is 5.69 Å². The smallest absolute Gasteiger partial charge is 0.364 e. The maximum atomic E-state index is 11.6. The van der Waals surface area contributed by atoms with Crippen molar-refractivity contribution >= 4 is 11.9 Å². The van der Waals surface area contributed by atoms with Crippen molar-refractivity contribution in [1.82, 2.24) is 4.98 Å². The molecule has 0 atom stereocenters. The van der Waals surface area contributed by atoms with Crippen LogP contribution in [0, 0.1) is 0 Å². The molecule has 2 rings (SSSR count). The van der Waals surface area contributed by atoms with Gasteiger partial charge in [0.2, 0.25) is 0 Å². The van der Waals surface area contributed by atoms with E-state index in [4.69, 9.17) is 0 Å². The largest absolute Gasteiger partial charge is 0.385 e. The Bertz CT molecular complexity index is 473. The molecule has 17 heavy (non-hydrogen) atoms. The van der Waals surface area contributed by atoms with Crippen molar-refractivity contribution in [2.24, 2.45) is 0 Å². The van der Waals surface area contributed by atoms with Crippen molar-refractivity contribution in [3.05, 3.63) is 66.0 Å². The topological polar surface area (TPSA) is 56.3 Å². The van der Waals surface area contributed by atoms with E-state index in [0.29, 0.717) is 5.56 Å². The summed E-state index contributed by atoms with van der Waals surface area (Å²) in [5.41, 5.74) is 0.438. The van der Waals surface area contributed by atoms with Crippen LogP contribution in [-0.2, 0) is 4.74 Å². The van der Waals surface area contributed by atoms with Crippen LogP contribution in [0.25, 0.3) is 0 Å². The predicted octanol–water partition coefficient (Wildman–Crippen LogP) is 2.08. The molecule has 0 spiro atoms. The molecule has 2 aromatic rings. The molecule has 0 aliphatic heterocycles. The Labute approximate surface area is 97.9 Å². The van der Waals surface area contributed by atoms with Crippen molar-refractivity contribution in [3.63, 3.8) is 0 Å². The molecular weight excluding hydrogens is 218 g/mol. The molecular formula is C13H9NO3. The van der Waals surface area contributed by atoms with E-state index in [0.717, 1.165) is 0 Å². The molecule has 1 aromatic carbocycles. The highest BCUT2D eigenvalue weighted by molar-refractivity contribution is 6.01. The van der Waals surface area contributed by atoms with Gasteiger partial charge in [0.05, 0.1) is 5.56 Å². The molecule has 0 amide bonds. The van der Waals surface area contributed by atoms with Crippen LogP contribution in [0.3, 0.4) is 0 Å². The molecule has 4 nitrogen and oxygen atoms in total. The summed E-state index contributed by atoms with van der Waals surface area (Å²) in [6.07, 6.45) is 1.46. The maximum Gasteiger partial charge on any atom is 0.364 e. The van der Waals surface area contributed by atoms with Gasteiger partial charge in [0.25, 0.3) is 0 Å². The summed E-state index contributed by atoms with van der Waals surface area (Å²) in [4.78, 5) is 26.9. The molecule has 0 N–H and O–H groups in total. The SMILES string of the molecule is O=C(OC(=O)c1ccccn1)c1ccccc1. The molecule has 84 valence electrons. The Morgan fingerprint density at radius 1 is 0.882 bits per heavy atom. The molecule has 0 fully saturated rings. The number of hydrogen-bond acceptors (Lipinski definition) is 4. The molecule has 0 aliphatic rings. The van der Waals surface area contributed by atoms with E-state index in [1.165, 1.54) is 12.3 Å². The summed E-state index contributed by atoms with van der Waals surface area (Å²) in [5, 5.41) is 0. The van der Waals surface area contributed by atoms with Crippen LogP contribution in [0.5, 0.6) is 0 Å². The fourth-order valence-electron chi connectivity index (χ4n) is 1.25. The van der Waals surface area contributed by atoms with E-state index in [1.807, 2.05) is 0 Å². The summed E-state index contributed by atoms with van der Waals surface area (Å²) in [7, 11) is 0. The molecule has 0 unspecified atom stereocenters. The third kappa shape index (κ3) is 2.75. The first-order valence-corrected chi connectivity index (χ1v) is 5.00. The number of rotatable bonds is 2. The summed E-state index contributed by atoms with van der Waals surface area (Å²) in [5.74, 6) is -1.43. The number of benzene rings is 1. The van der Waals surface area contributed by atoms with Gasteiger partial charge in [-0.25, -0.2) is 14.6 Å². The van der Waals surface area contributed by atoms with Crippen LogP contribution in [0.1, 0.15) is 20.8 Å². The Balaban J connectivity index is 2.08. The molecule has 1 aromatic heterocycles. The monoisotopic (exact) mass is 227 g/mol. The number of nitrogens with zero attached hydrogens (tertiary/aromatic N) is 1. The first-order chi connectivity index (χ1) is 8.27. The van der Waals surface area contributed by atoms with Crippen LogP contribution >= 0.6 is 0 Å². The van der Waals surface area contributed by atoms with E-state index in [9.17, 15) is 9.59 Å². The average molecular weight is 227 g/mol. The van der Waals surface area contributed by atoms with Gasteiger partial charge in [0.15, 0.2) is 0 Å². The van der Waals surface area contributed by atoms with Gasteiger partial charge in [-0.15, -0.1) is 0 Å². The number of carbonyl (C=O) groups excluding carboxylic acids is 2. The van der Waals surface area contributed by atoms with Crippen LogP contribution < -0.4 is 0 Å². The third-order valence-corrected chi connectivity index (χ3v) is 2.07. The Kier molecular flexibility index (Phi) is 3.25. The lowest BCUT2D eigenvalue weighted by Crippen LogP contribution is -2.13. The van der Waals surface area contributed by atoms with E-state index < -0.39 is 11.9 Å². The number of ether oxygens (including phenoxy) is 1. The second-order valence-electron chi connectivity index (χ2n) is 3.26. The van der Waals surface area contributed by atoms with Crippen molar-refractivity contribution < 1.29 is 14.3 Å². The number of carbonyl (C=O) groups is 2. The van der Waals surface area contributed by atoms with Gasteiger partial charge in [-0.05, 0) is 24.3 Å². The van der Waals surface area contributed by atoms with Gasteiger partial charge in [0.1, 0.15) is 5.69 Å². The molecule has 4 heteroatoms. The lowest BCUT2D eigenvalue weighted by molar-refractivity contribution is 0.0393. The first kappa shape index (κ1) is 11.0. The lowest BCUT2D eigenvalue weighted by atomic mass is 10.2. The summed E-state index contributed by atoms with van der Waals surface area (Å²) in [6, 6.07) is 13.1. The fourth-order valence-corrected chi connectivity index (χ4v) is 1.25. The summed E-state index contributed by atoms with van der Waals surface area (Å²) in [6.45, 7) is 0. The first-order valence-electron chi connectivity index (χ1n) is 5.00. The van der Waals surface area contributed by atoms with Gasteiger partial charge < -0.3 is 4.74 Å². The Hall–Kier alpha value is -2.49. The highest BCUT2D eigenvalue weighted by atomic mass is 16.6. The molecule has 0 saturated heterocycles. The minimum absolute atomic E-state index is 0.108. The zero-order valence-electron chi connectivity index (χ0n) is 8.87. The molecule has 0 saturated carbocycles. The lowest BCUT2D eigenvalue weighted by Gasteiger charge is -2.01.